The van der Waals surface area contributed by atoms with E-state index in [1.165, 1.54) is 12.7 Å². The molecule has 5 heteroatoms. The molecule has 1 aromatic rings. The minimum Gasteiger partial charge on any atom is -0.441 e. The second-order valence-electron chi connectivity index (χ2n) is 5.01. The first-order valence-corrected chi connectivity index (χ1v) is 6.18. The molecule has 1 aromatic heterocycles. The molecule has 3 aliphatic heterocycles. The fourth-order valence-corrected chi connectivity index (χ4v) is 2.76. The summed E-state index contributed by atoms with van der Waals surface area (Å²) >= 11 is 0. The third-order valence-corrected chi connectivity index (χ3v) is 3.68. The summed E-state index contributed by atoms with van der Waals surface area (Å²) < 4.78 is 5.21. The second kappa shape index (κ2) is 4.14. The fraction of sp³-hybridized carbons (Fsp3) is 0.667. The average Bonchev–Trinajstić information content (AvgIpc) is 2.55. The van der Waals surface area contributed by atoms with Crippen LogP contribution in [0.2, 0.25) is 0 Å². The number of carbonyl (C=O) groups excluding carboxylic acids is 1. The smallest absolute Gasteiger partial charge is 0.310 e. The highest BCUT2D eigenvalue weighted by Crippen LogP contribution is 2.25. The highest BCUT2D eigenvalue weighted by Gasteiger charge is 2.35. The maximum Gasteiger partial charge on any atom is 0.310 e. The van der Waals surface area contributed by atoms with Crippen LogP contribution in [0.15, 0.2) is 10.7 Å². The highest BCUT2D eigenvalue weighted by atomic mass is 16.4. The van der Waals surface area contributed by atoms with Crippen LogP contribution in [0.5, 0.6) is 0 Å². The number of hydrogen-bond donors (Lipinski definition) is 1. The molecule has 4 rings (SSSR count). The van der Waals surface area contributed by atoms with Gasteiger partial charge in [-0.3, -0.25) is 4.79 Å². The van der Waals surface area contributed by atoms with Crippen molar-refractivity contribution in [2.45, 2.75) is 25.8 Å². The summed E-state index contributed by atoms with van der Waals surface area (Å²) in [5, 5.41) is 3.41. The zero-order chi connectivity index (χ0) is 11.8. The number of rotatable bonds is 1. The summed E-state index contributed by atoms with van der Waals surface area (Å²) in [6.45, 7) is 4.57. The van der Waals surface area contributed by atoms with Crippen LogP contribution in [-0.4, -0.2) is 41.5 Å². The van der Waals surface area contributed by atoms with Gasteiger partial charge in [0.15, 0.2) is 0 Å². The predicted molar refractivity (Wildman–Crippen MR) is 61.7 cm³/mol. The molecule has 92 valence electrons. The van der Waals surface area contributed by atoms with E-state index in [1.54, 1.807) is 0 Å². The Morgan fingerprint density at radius 3 is 3.18 bits per heavy atom. The van der Waals surface area contributed by atoms with Gasteiger partial charge in [-0.05, 0) is 32.2 Å². The summed E-state index contributed by atoms with van der Waals surface area (Å²) in [6.07, 6.45) is 3.83. The van der Waals surface area contributed by atoms with E-state index in [0.29, 0.717) is 12.0 Å². The number of oxazole rings is 1. The molecule has 2 bridgehead atoms. The van der Waals surface area contributed by atoms with Gasteiger partial charge in [0.1, 0.15) is 6.26 Å². The molecule has 0 saturated carbocycles. The summed E-state index contributed by atoms with van der Waals surface area (Å²) in [7, 11) is 0. The average molecular weight is 235 g/mol. The number of aromatic nitrogens is 1. The van der Waals surface area contributed by atoms with Gasteiger partial charge in [0.05, 0.1) is 5.69 Å². The van der Waals surface area contributed by atoms with Gasteiger partial charge in [-0.25, -0.2) is 4.98 Å². The molecule has 4 heterocycles. The zero-order valence-electron chi connectivity index (χ0n) is 9.98. The Hall–Kier alpha value is -1.36. The Bertz CT molecular complexity index is 425. The topological polar surface area (TPSA) is 58.4 Å². The maximum absolute atomic E-state index is 12.3. The van der Waals surface area contributed by atoms with Gasteiger partial charge in [0.2, 0.25) is 0 Å². The van der Waals surface area contributed by atoms with Crippen molar-refractivity contribution < 1.29 is 9.21 Å². The van der Waals surface area contributed by atoms with Gasteiger partial charge in [-0.2, -0.15) is 0 Å². The lowest BCUT2D eigenvalue weighted by molar-refractivity contribution is 0.0551. The Labute approximate surface area is 100 Å². The number of nitrogens with one attached hydrogen (secondary N) is 1. The van der Waals surface area contributed by atoms with Gasteiger partial charge < -0.3 is 14.6 Å². The van der Waals surface area contributed by atoms with Crippen LogP contribution in [0.3, 0.4) is 0 Å². The normalized spacial score (nSPS) is 28.2. The van der Waals surface area contributed by atoms with Crippen LogP contribution in [0.1, 0.15) is 29.2 Å². The lowest BCUT2D eigenvalue weighted by Crippen LogP contribution is -2.47. The van der Waals surface area contributed by atoms with Crippen molar-refractivity contribution in [2.75, 3.05) is 19.6 Å². The number of aryl methyl sites for hydroxylation is 1. The Morgan fingerprint density at radius 1 is 1.53 bits per heavy atom. The van der Waals surface area contributed by atoms with E-state index >= 15 is 0 Å². The molecule has 1 N–H and O–H groups in total. The number of hydrogen-bond acceptors (Lipinski definition) is 4. The molecular weight excluding hydrogens is 218 g/mol. The first-order chi connectivity index (χ1) is 8.24. The van der Waals surface area contributed by atoms with E-state index in [4.69, 9.17) is 4.42 Å². The van der Waals surface area contributed by atoms with Crippen LogP contribution in [0.25, 0.3) is 0 Å². The summed E-state index contributed by atoms with van der Waals surface area (Å²) in [6, 6.07) is 0.299. The van der Waals surface area contributed by atoms with Crippen LogP contribution in [0.4, 0.5) is 0 Å². The molecule has 1 amide bonds. The van der Waals surface area contributed by atoms with E-state index in [-0.39, 0.29) is 11.8 Å². The molecule has 2 unspecified atom stereocenters. The van der Waals surface area contributed by atoms with Gasteiger partial charge in [0, 0.05) is 19.1 Å². The quantitative estimate of drug-likeness (QED) is 0.782. The summed E-state index contributed by atoms with van der Waals surface area (Å²) in [5.74, 6) is 0.750. The minimum atomic E-state index is -0.0588. The molecule has 17 heavy (non-hydrogen) atoms. The van der Waals surface area contributed by atoms with E-state index in [9.17, 15) is 4.79 Å². The van der Waals surface area contributed by atoms with Crippen molar-refractivity contribution in [3.05, 3.63) is 17.8 Å². The summed E-state index contributed by atoms with van der Waals surface area (Å²) in [4.78, 5) is 18.3. The molecular formula is C12H17N3O2. The van der Waals surface area contributed by atoms with Gasteiger partial charge in [0.25, 0.3) is 5.89 Å². The van der Waals surface area contributed by atoms with E-state index < -0.39 is 0 Å². The Balaban J connectivity index is 1.82. The predicted octanol–water partition coefficient (Wildman–Crippen LogP) is 0.807. The van der Waals surface area contributed by atoms with E-state index in [2.05, 4.69) is 10.3 Å². The van der Waals surface area contributed by atoms with Crippen LogP contribution < -0.4 is 5.32 Å². The number of fused-ring (bicyclic) bond motifs is 4. The third-order valence-electron chi connectivity index (χ3n) is 3.68. The van der Waals surface area contributed by atoms with Crippen LogP contribution in [0, 0.1) is 12.8 Å². The Kier molecular flexibility index (Phi) is 2.63. The molecule has 0 aliphatic carbocycles. The molecule has 0 aromatic carbocycles. The van der Waals surface area contributed by atoms with E-state index in [1.807, 2.05) is 11.8 Å². The third kappa shape index (κ3) is 1.95. The monoisotopic (exact) mass is 235 g/mol. The molecule has 3 fully saturated rings. The summed E-state index contributed by atoms with van der Waals surface area (Å²) in [5.41, 5.74) is 0.756. The molecule has 0 spiro atoms. The second-order valence-corrected chi connectivity index (χ2v) is 5.01. The van der Waals surface area contributed by atoms with Crippen molar-refractivity contribution in [2.24, 2.45) is 5.92 Å². The molecule has 0 radical (unpaired) electrons. The highest BCUT2D eigenvalue weighted by molar-refractivity contribution is 5.90. The lowest BCUT2D eigenvalue weighted by atomic mass is 9.95. The number of nitrogens with zero attached hydrogens (tertiary/aromatic N) is 2. The zero-order valence-corrected chi connectivity index (χ0v) is 9.98. The SMILES string of the molecule is Cc1coc(C(=O)N2CC3CCC2CNC3)n1. The van der Waals surface area contributed by atoms with Crippen LogP contribution in [-0.2, 0) is 0 Å². The van der Waals surface area contributed by atoms with Crippen molar-refractivity contribution in [3.8, 4) is 0 Å². The largest absolute Gasteiger partial charge is 0.441 e. The first kappa shape index (κ1) is 10.8. The van der Waals surface area contributed by atoms with Crippen molar-refractivity contribution in [1.29, 1.82) is 0 Å². The molecule has 5 nitrogen and oxygen atoms in total. The van der Waals surface area contributed by atoms with Crippen molar-refractivity contribution in [3.63, 3.8) is 0 Å². The molecule has 3 saturated heterocycles. The van der Waals surface area contributed by atoms with Gasteiger partial charge >= 0.3 is 5.91 Å². The Morgan fingerprint density at radius 2 is 2.41 bits per heavy atom. The lowest BCUT2D eigenvalue weighted by Gasteiger charge is -2.35. The van der Waals surface area contributed by atoms with E-state index in [0.717, 1.165) is 31.7 Å². The minimum absolute atomic E-state index is 0.0588. The number of carbonyl (C=O) groups is 1. The number of amides is 1. The number of piperidine rings is 1. The fourth-order valence-electron chi connectivity index (χ4n) is 2.76. The van der Waals surface area contributed by atoms with Crippen LogP contribution >= 0.6 is 0 Å². The standard InChI is InChI=1S/C12H17N3O2/c1-8-7-17-11(14-8)12(16)15-6-9-2-3-10(15)5-13-4-9/h7,9-10,13H,2-6H2,1H3. The van der Waals surface area contributed by atoms with Gasteiger partial charge in [-0.15, -0.1) is 0 Å². The van der Waals surface area contributed by atoms with Gasteiger partial charge in [-0.1, -0.05) is 0 Å². The molecule has 3 aliphatic rings. The van der Waals surface area contributed by atoms with Crippen molar-refractivity contribution >= 4 is 5.91 Å². The van der Waals surface area contributed by atoms with Crippen molar-refractivity contribution in [1.82, 2.24) is 15.2 Å². The first-order valence-electron chi connectivity index (χ1n) is 6.18. The maximum atomic E-state index is 12.3. The molecule has 2 atom stereocenters.